The molecule has 5 atom stereocenters. The van der Waals surface area contributed by atoms with E-state index in [1.165, 1.54) is 0 Å². The van der Waals surface area contributed by atoms with E-state index < -0.39 is 12.3 Å². The van der Waals surface area contributed by atoms with Crippen LogP contribution in [0.5, 0.6) is 23.0 Å². The van der Waals surface area contributed by atoms with E-state index in [0.717, 1.165) is 38.9 Å². The minimum Gasteiger partial charge on any atom is -0.507 e. The number of phenolic OH excluding ortho intramolecular Hbond substituents is 2. The van der Waals surface area contributed by atoms with Gasteiger partial charge in [-0.3, -0.25) is 14.6 Å². The van der Waals surface area contributed by atoms with Crippen molar-refractivity contribution in [2.24, 2.45) is 0 Å². The Morgan fingerprint density at radius 1 is 0.977 bits per heavy atom. The number of hydrogen-bond donors (Lipinski definition) is 4. The number of likely N-dealkylation sites (N-methyl/N-ethyl adjacent to an activating group) is 1. The summed E-state index contributed by atoms with van der Waals surface area (Å²) >= 11 is 0. The Hall–Kier alpha value is -2.35. The number of rotatable bonds is 4. The van der Waals surface area contributed by atoms with Gasteiger partial charge in [0.1, 0.15) is 17.7 Å². The average molecular weight is 799 g/mol. The second-order valence-corrected chi connectivity index (χ2v) is 12.2. The third-order valence-electron chi connectivity index (χ3n) is 9.99. The van der Waals surface area contributed by atoms with Crippen molar-refractivity contribution < 1.29 is 73.7 Å². The zero-order chi connectivity index (χ0) is 29.4. The molecule has 1 unspecified atom stereocenters. The molecule has 0 saturated carbocycles. The molecule has 4 heterocycles. The number of hydrogen-bond acceptors (Lipinski definition) is 8. The van der Waals surface area contributed by atoms with Crippen molar-refractivity contribution in [2.75, 3.05) is 20.4 Å². The van der Waals surface area contributed by atoms with Crippen LogP contribution in [-0.4, -0.2) is 69.7 Å². The fourth-order valence-corrected chi connectivity index (χ4v) is 7.77. The number of amides is 1. The summed E-state index contributed by atoms with van der Waals surface area (Å²) in [6, 6.07) is 10.5. The number of benzene rings is 3. The number of aryl methyl sites for hydroxylation is 1. The average Bonchev–Trinajstić information content (AvgIpc) is 3.47. The smallest absolute Gasteiger partial charge is 0.231 e. The van der Waals surface area contributed by atoms with Crippen molar-refractivity contribution in [1.82, 2.24) is 15.1 Å². The number of carbonyl (C=O) groups is 1. The Labute approximate surface area is 287 Å². The van der Waals surface area contributed by atoms with Gasteiger partial charge in [0.2, 0.25) is 12.7 Å². The fraction of sp³-hybridized carbons (Fsp3) is 0.424. The molecule has 1 amide bonds. The molecule has 10 heteroatoms. The van der Waals surface area contributed by atoms with Crippen LogP contribution in [0.3, 0.4) is 0 Å². The van der Waals surface area contributed by atoms with Crippen LogP contribution in [0.25, 0.3) is 0 Å². The van der Waals surface area contributed by atoms with Gasteiger partial charge in [0.15, 0.2) is 11.5 Å². The predicted molar refractivity (Wildman–Crippen MR) is 156 cm³/mol. The largest absolute Gasteiger partial charge is 0.507 e. The molecule has 4 N–H and O–H groups in total. The number of carbonyl (C=O) groups excluding carboxylic acids is 1. The van der Waals surface area contributed by atoms with Crippen LogP contribution in [0.4, 0.5) is 0 Å². The fourth-order valence-electron chi connectivity index (χ4n) is 7.77. The first-order valence-electron chi connectivity index (χ1n) is 14.6. The van der Waals surface area contributed by atoms with Crippen molar-refractivity contribution in [1.29, 1.82) is 0 Å². The van der Waals surface area contributed by atoms with Crippen molar-refractivity contribution in [2.45, 2.75) is 70.4 Å². The molecule has 0 spiro atoms. The zero-order valence-corrected chi connectivity index (χ0v) is 29.7. The van der Waals surface area contributed by atoms with Gasteiger partial charge < -0.3 is 30.1 Å². The van der Waals surface area contributed by atoms with Crippen LogP contribution < -0.4 is 14.8 Å². The maximum atomic E-state index is 13.2. The summed E-state index contributed by atoms with van der Waals surface area (Å²) in [6.45, 7) is 6.00. The van der Waals surface area contributed by atoms with Crippen LogP contribution >= 0.6 is 0 Å². The molecule has 1 saturated heterocycles. The third-order valence-corrected chi connectivity index (χ3v) is 9.99. The summed E-state index contributed by atoms with van der Waals surface area (Å²) < 4.78 is 11.8. The maximum absolute atomic E-state index is 13.2. The van der Waals surface area contributed by atoms with Gasteiger partial charge in [0, 0.05) is 78.9 Å². The molecule has 0 aliphatic carbocycles. The molecular formula is C33H37AcN3O6. The van der Waals surface area contributed by atoms with Crippen molar-refractivity contribution in [3.8, 4) is 23.0 Å². The van der Waals surface area contributed by atoms with E-state index in [-0.39, 0.29) is 93.6 Å². The van der Waals surface area contributed by atoms with E-state index >= 15 is 0 Å². The number of ether oxygens (including phenoxy) is 2. The molecular weight excluding hydrogens is 761 g/mol. The standard InChI is InChI=1S/C33H37N3O6.Ac/c1-16-10-20-12-23-33(40)36-22(28(35(23)4)26(20)30(39)17(16)2)13-21-27(32-31(41-15-42-32)18(3)29(21)38)24(36)14-34-25(37)11-19-8-6-5-7-9-19;/h5-10,22-24,28,33,38-40H,11-15H2,1-4H3,(H,34,37);/t22?,23-,24-,28+,33-;/m0./s1. The van der Waals surface area contributed by atoms with E-state index in [2.05, 4.69) is 21.2 Å². The Bertz CT molecular complexity index is 1600. The van der Waals surface area contributed by atoms with Gasteiger partial charge in [-0.05, 0) is 62.9 Å². The van der Waals surface area contributed by atoms with Crippen LogP contribution in [-0.2, 0) is 24.1 Å². The minimum absolute atomic E-state index is 0. The third kappa shape index (κ3) is 4.76. The molecule has 1 fully saturated rings. The summed E-state index contributed by atoms with van der Waals surface area (Å²) in [5.41, 5.74) is 6.80. The zero-order valence-electron chi connectivity index (χ0n) is 24.9. The van der Waals surface area contributed by atoms with Gasteiger partial charge in [0.05, 0.1) is 24.5 Å². The molecule has 4 aliphatic rings. The number of aromatic hydroxyl groups is 2. The summed E-state index contributed by atoms with van der Waals surface area (Å²) in [4.78, 5) is 17.4. The topological polar surface area (TPSA) is 115 Å². The van der Waals surface area contributed by atoms with Gasteiger partial charge in [-0.25, -0.2) is 0 Å². The Kier molecular flexibility index (Phi) is 8.23. The van der Waals surface area contributed by atoms with Crippen molar-refractivity contribution in [3.05, 3.63) is 80.9 Å². The van der Waals surface area contributed by atoms with E-state index in [0.29, 0.717) is 35.7 Å². The van der Waals surface area contributed by atoms with E-state index in [1.807, 2.05) is 58.2 Å². The maximum Gasteiger partial charge on any atom is 0.231 e. The van der Waals surface area contributed by atoms with Crippen LogP contribution in [0.15, 0.2) is 36.4 Å². The summed E-state index contributed by atoms with van der Waals surface area (Å²) in [7, 11) is 2.00. The molecule has 3 aromatic rings. The number of aliphatic hydroxyl groups excluding tert-OH is 1. The molecule has 0 aromatic heterocycles. The van der Waals surface area contributed by atoms with Crippen LogP contribution in [0.1, 0.15) is 56.6 Å². The number of aliphatic hydroxyl groups is 1. The van der Waals surface area contributed by atoms with E-state index in [4.69, 9.17) is 9.47 Å². The number of nitrogens with one attached hydrogen (secondary N) is 1. The van der Waals surface area contributed by atoms with E-state index in [9.17, 15) is 20.1 Å². The summed E-state index contributed by atoms with van der Waals surface area (Å²) in [5, 5.41) is 38.1. The molecule has 1 radical (unpaired) electrons. The Morgan fingerprint density at radius 3 is 2.44 bits per heavy atom. The number of piperazine rings is 1. The quantitative estimate of drug-likeness (QED) is 0.319. The predicted octanol–water partition coefficient (Wildman–Crippen LogP) is 3.31. The summed E-state index contributed by atoms with van der Waals surface area (Å²) in [6.07, 6.45) is 0.381. The van der Waals surface area contributed by atoms with Gasteiger partial charge >= 0.3 is 0 Å². The number of fused-ring (bicyclic) bond motifs is 9. The molecule has 2 bridgehead atoms. The molecule has 3 aromatic carbocycles. The summed E-state index contributed by atoms with van der Waals surface area (Å²) in [5.74, 6) is 1.37. The first kappa shape index (κ1) is 30.7. The monoisotopic (exact) mass is 798 g/mol. The molecule has 223 valence electrons. The SMILES string of the molecule is Cc1cc2c(c(O)c1C)[C@H]1C3Cc4c(O)c(C)c5c(c4[C@H](CNC(=O)Cc4ccccc4)N3[C@@H](O)[C@H](C2)N1C)OCO5.[Ac]. The normalized spacial score (nSPS) is 25.3. The van der Waals surface area contributed by atoms with Gasteiger partial charge in [-0.15, -0.1) is 0 Å². The van der Waals surface area contributed by atoms with Crippen molar-refractivity contribution in [3.63, 3.8) is 0 Å². The van der Waals surface area contributed by atoms with Crippen molar-refractivity contribution >= 4 is 5.91 Å². The number of nitrogens with zero attached hydrogens (tertiary/aromatic N) is 2. The molecule has 7 rings (SSSR count). The van der Waals surface area contributed by atoms with E-state index in [1.54, 1.807) is 0 Å². The second kappa shape index (κ2) is 11.5. The Balaban J connectivity index is 0.00000329. The van der Waals surface area contributed by atoms with Crippen LogP contribution in [0, 0.1) is 64.8 Å². The minimum atomic E-state index is -0.862. The molecule has 43 heavy (non-hydrogen) atoms. The van der Waals surface area contributed by atoms with Crippen LogP contribution in [0.2, 0.25) is 0 Å². The van der Waals surface area contributed by atoms with Gasteiger partial charge in [-0.2, -0.15) is 0 Å². The number of phenols is 2. The molecule has 9 nitrogen and oxygen atoms in total. The van der Waals surface area contributed by atoms with Gasteiger partial charge in [0.25, 0.3) is 0 Å². The second-order valence-electron chi connectivity index (χ2n) is 12.2. The Morgan fingerprint density at radius 2 is 1.70 bits per heavy atom. The molecule has 4 aliphatic heterocycles. The first-order valence-corrected chi connectivity index (χ1v) is 14.6. The first-order chi connectivity index (χ1) is 20.2. The van der Waals surface area contributed by atoms with Gasteiger partial charge in [-0.1, -0.05) is 36.4 Å².